The number of carbonyl (C=O) groups excluding carboxylic acids is 1. The third kappa shape index (κ3) is 3.47. The van der Waals surface area contributed by atoms with Gasteiger partial charge in [0, 0.05) is 23.9 Å². The summed E-state index contributed by atoms with van der Waals surface area (Å²) in [7, 11) is 0. The highest BCUT2D eigenvalue weighted by Crippen LogP contribution is 2.04. The van der Waals surface area contributed by atoms with Gasteiger partial charge in [-0.25, -0.2) is 0 Å². The fraction of sp³-hybridized carbons (Fsp3) is 0.200. The van der Waals surface area contributed by atoms with Gasteiger partial charge < -0.3 is 14.7 Å². The fourth-order valence-electron chi connectivity index (χ4n) is 1.88. The number of hydrogen-bond acceptors (Lipinski definition) is 3. The maximum absolute atomic E-state index is 11.8. The number of rotatable bonds is 4. The molecule has 0 atom stereocenters. The molecule has 5 heteroatoms. The minimum absolute atomic E-state index is 0.169. The van der Waals surface area contributed by atoms with E-state index in [4.69, 9.17) is 4.42 Å². The number of hydrogen-bond donors (Lipinski definition) is 2. The van der Waals surface area contributed by atoms with Crippen LogP contribution in [-0.4, -0.2) is 10.9 Å². The summed E-state index contributed by atoms with van der Waals surface area (Å²) >= 11 is 0. The van der Waals surface area contributed by atoms with Crippen LogP contribution < -0.4 is 10.9 Å². The summed E-state index contributed by atoms with van der Waals surface area (Å²) in [4.78, 5) is 26.1. The molecule has 0 unspecified atom stereocenters. The fourth-order valence-corrected chi connectivity index (χ4v) is 1.88. The van der Waals surface area contributed by atoms with Crippen molar-refractivity contribution in [3.05, 3.63) is 63.5 Å². The zero-order chi connectivity index (χ0) is 14.5. The van der Waals surface area contributed by atoms with Crippen molar-refractivity contribution in [2.75, 3.05) is 0 Å². The molecule has 0 aliphatic carbocycles. The van der Waals surface area contributed by atoms with Crippen LogP contribution in [0.15, 0.2) is 39.7 Å². The maximum Gasteiger partial charge on any atom is 0.253 e. The molecule has 2 heterocycles. The van der Waals surface area contributed by atoms with Gasteiger partial charge in [0.2, 0.25) is 5.91 Å². The Labute approximate surface area is 116 Å². The molecule has 0 fully saturated rings. The van der Waals surface area contributed by atoms with Gasteiger partial charge in [-0.3, -0.25) is 9.59 Å². The van der Waals surface area contributed by atoms with Crippen LogP contribution in [0.25, 0.3) is 6.08 Å². The Morgan fingerprint density at radius 2 is 2.25 bits per heavy atom. The standard InChI is InChI=1S/C15H16N2O3/c1-10-8-11(2)17-15(19)13(10)9-16-14(18)6-5-12-4-3-7-20-12/h3-8H,9H2,1-2H3,(H,16,18)(H,17,19)/b6-5+. The maximum atomic E-state index is 11.8. The third-order valence-corrected chi connectivity index (χ3v) is 2.88. The molecule has 0 saturated heterocycles. The predicted molar refractivity (Wildman–Crippen MR) is 76.1 cm³/mol. The number of amides is 1. The number of carbonyl (C=O) groups is 1. The van der Waals surface area contributed by atoms with Crippen LogP contribution in [0, 0.1) is 13.8 Å². The van der Waals surface area contributed by atoms with Crippen molar-refractivity contribution in [2.45, 2.75) is 20.4 Å². The van der Waals surface area contributed by atoms with Crippen LogP contribution in [0.5, 0.6) is 0 Å². The largest absolute Gasteiger partial charge is 0.465 e. The van der Waals surface area contributed by atoms with Crippen LogP contribution in [0.3, 0.4) is 0 Å². The molecule has 1 amide bonds. The first-order valence-corrected chi connectivity index (χ1v) is 6.25. The molecule has 2 rings (SSSR count). The number of aromatic nitrogens is 1. The van der Waals surface area contributed by atoms with Gasteiger partial charge in [-0.05, 0) is 43.7 Å². The van der Waals surface area contributed by atoms with E-state index in [1.54, 1.807) is 18.2 Å². The lowest BCUT2D eigenvalue weighted by Gasteiger charge is -2.06. The lowest BCUT2D eigenvalue weighted by atomic mass is 10.1. The minimum atomic E-state index is -0.277. The van der Waals surface area contributed by atoms with Crippen LogP contribution in [0.4, 0.5) is 0 Å². The minimum Gasteiger partial charge on any atom is -0.465 e. The normalized spacial score (nSPS) is 10.9. The van der Waals surface area contributed by atoms with Crippen molar-refractivity contribution in [2.24, 2.45) is 0 Å². The van der Waals surface area contributed by atoms with Crippen molar-refractivity contribution < 1.29 is 9.21 Å². The second kappa shape index (κ2) is 6.06. The molecule has 2 N–H and O–H groups in total. The van der Waals surface area contributed by atoms with Gasteiger partial charge in [0.1, 0.15) is 5.76 Å². The number of pyridine rings is 1. The summed E-state index contributed by atoms with van der Waals surface area (Å²) in [6.45, 7) is 3.87. The van der Waals surface area contributed by atoms with E-state index in [0.717, 1.165) is 11.3 Å². The van der Waals surface area contributed by atoms with E-state index in [1.807, 2.05) is 19.9 Å². The van der Waals surface area contributed by atoms with Gasteiger partial charge in [0.25, 0.3) is 5.56 Å². The van der Waals surface area contributed by atoms with Crippen molar-refractivity contribution >= 4 is 12.0 Å². The first kappa shape index (κ1) is 13.9. The van der Waals surface area contributed by atoms with Gasteiger partial charge in [-0.1, -0.05) is 0 Å². The lowest BCUT2D eigenvalue weighted by Crippen LogP contribution is -2.26. The van der Waals surface area contributed by atoms with Crippen molar-refractivity contribution in [1.29, 1.82) is 0 Å². The topological polar surface area (TPSA) is 75.1 Å². The highest BCUT2D eigenvalue weighted by molar-refractivity contribution is 5.91. The molecule has 0 bridgehead atoms. The molecular formula is C15H16N2O3. The van der Waals surface area contributed by atoms with E-state index in [9.17, 15) is 9.59 Å². The van der Waals surface area contributed by atoms with E-state index < -0.39 is 0 Å². The second-order valence-corrected chi connectivity index (χ2v) is 4.51. The van der Waals surface area contributed by atoms with Crippen molar-refractivity contribution in [3.8, 4) is 0 Å². The van der Waals surface area contributed by atoms with Crippen LogP contribution in [-0.2, 0) is 11.3 Å². The van der Waals surface area contributed by atoms with E-state index in [2.05, 4.69) is 10.3 Å². The van der Waals surface area contributed by atoms with Crippen LogP contribution >= 0.6 is 0 Å². The first-order valence-electron chi connectivity index (χ1n) is 6.25. The molecule has 2 aromatic rings. The molecule has 0 radical (unpaired) electrons. The summed E-state index contributed by atoms with van der Waals surface area (Å²) in [6, 6.07) is 5.37. The lowest BCUT2D eigenvalue weighted by molar-refractivity contribution is -0.116. The average molecular weight is 272 g/mol. The van der Waals surface area contributed by atoms with E-state index in [-0.39, 0.29) is 18.0 Å². The monoisotopic (exact) mass is 272 g/mol. The highest BCUT2D eigenvalue weighted by atomic mass is 16.3. The van der Waals surface area contributed by atoms with Gasteiger partial charge in [0.15, 0.2) is 0 Å². The van der Waals surface area contributed by atoms with E-state index >= 15 is 0 Å². The number of nitrogens with one attached hydrogen (secondary N) is 2. The molecule has 0 aromatic carbocycles. The Morgan fingerprint density at radius 3 is 2.90 bits per heavy atom. The SMILES string of the molecule is Cc1cc(C)c(CNC(=O)/C=C/c2ccco2)c(=O)[nH]1. The summed E-state index contributed by atoms with van der Waals surface area (Å²) in [5.74, 6) is 0.324. The van der Waals surface area contributed by atoms with E-state index in [0.29, 0.717) is 11.3 Å². The molecule has 104 valence electrons. The molecule has 0 aliphatic rings. The van der Waals surface area contributed by atoms with Crippen molar-refractivity contribution in [1.82, 2.24) is 10.3 Å². The van der Waals surface area contributed by atoms with Gasteiger partial charge in [0.05, 0.1) is 6.26 Å². The quantitative estimate of drug-likeness (QED) is 0.835. The number of furan rings is 1. The number of aryl methyl sites for hydroxylation is 2. The van der Waals surface area contributed by atoms with E-state index in [1.165, 1.54) is 12.3 Å². The molecule has 0 saturated carbocycles. The Balaban J connectivity index is 1.99. The Hall–Kier alpha value is -2.56. The van der Waals surface area contributed by atoms with Crippen molar-refractivity contribution in [3.63, 3.8) is 0 Å². The number of aromatic amines is 1. The predicted octanol–water partition coefficient (Wildman–Crippen LogP) is 1.91. The van der Waals surface area contributed by atoms with Gasteiger partial charge >= 0.3 is 0 Å². The van der Waals surface area contributed by atoms with Gasteiger partial charge in [-0.15, -0.1) is 0 Å². The zero-order valence-corrected chi connectivity index (χ0v) is 11.4. The Kier molecular flexibility index (Phi) is 4.20. The number of H-pyrrole nitrogens is 1. The highest BCUT2D eigenvalue weighted by Gasteiger charge is 2.06. The molecule has 5 nitrogen and oxygen atoms in total. The summed E-state index contributed by atoms with van der Waals surface area (Å²) in [5.41, 5.74) is 2.06. The molecular weight excluding hydrogens is 256 g/mol. The molecule has 20 heavy (non-hydrogen) atoms. The summed E-state index contributed by atoms with van der Waals surface area (Å²) in [5, 5.41) is 2.68. The second-order valence-electron chi connectivity index (χ2n) is 4.51. The summed E-state index contributed by atoms with van der Waals surface area (Å²) in [6.07, 6.45) is 4.48. The Bertz CT molecular complexity index is 682. The molecule has 0 spiro atoms. The average Bonchev–Trinajstić information content (AvgIpc) is 2.88. The smallest absolute Gasteiger partial charge is 0.253 e. The zero-order valence-electron chi connectivity index (χ0n) is 11.4. The van der Waals surface area contributed by atoms with Gasteiger partial charge in [-0.2, -0.15) is 0 Å². The first-order chi connectivity index (χ1) is 9.56. The third-order valence-electron chi connectivity index (χ3n) is 2.88. The van der Waals surface area contributed by atoms with Crippen LogP contribution in [0.2, 0.25) is 0 Å². The molecule has 2 aromatic heterocycles. The summed E-state index contributed by atoms with van der Waals surface area (Å²) < 4.78 is 5.08. The Morgan fingerprint density at radius 1 is 1.45 bits per heavy atom. The van der Waals surface area contributed by atoms with Crippen LogP contribution in [0.1, 0.15) is 22.6 Å². The molecule has 0 aliphatic heterocycles.